The minimum atomic E-state index is -0.322. The zero-order chi connectivity index (χ0) is 14.1. The predicted octanol–water partition coefficient (Wildman–Crippen LogP) is 3.63. The minimum Gasteiger partial charge on any atom is -0.321 e. The number of amides is 1. The Morgan fingerprint density at radius 2 is 2.20 bits per heavy atom. The quantitative estimate of drug-likeness (QED) is 0.693. The number of pyridine rings is 1. The molecule has 2 N–H and O–H groups in total. The number of H-pyrrole nitrogens is 1. The maximum absolute atomic E-state index is 12.3. The average Bonchev–Trinajstić information content (AvgIpc) is 2.91. The Hall–Kier alpha value is -1.92. The van der Waals surface area contributed by atoms with Gasteiger partial charge in [0.25, 0.3) is 5.91 Å². The summed E-state index contributed by atoms with van der Waals surface area (Å²) in [4.78, 5) is 16.2. The molecule has 0 atom stereocenters. The number of hydrogen-bond donors (Lipinski definition) is 2. The fourth-order valence-electron chi connectivity index (χ4n) is 1.85. The SMILES string of the molecule is O=C(Nc1cccc2[nH]ncc12)c1cc(Br)cnc1Cl. The predicted molar refractivity (Wildman–Crippen MR) is 81.0 cm³/mol. The van der Waals surface area contributed by atoms with Crippen molar-refractivity contribution in [2.45, 2.75) is 0 Å². The van der Waals surface area contributed by atoms with E-state index in [2.05, 4.69) is 36.4 Å². The number of halogens is 2. The van der Waals surface area contributed by atoms with E-state index >= 15 is 0 Å². The van der Waals surface area contributed by atoms with E-state index < -0.39 is 0 Å². The number of hydrogen-bond acceptors (Lipinski definition) is 3. The molecule has 0 bridgehead atoms. The highest BCUT2D eigenvalue weighted by Crippen LogP contribution is 2.23. The van der Waals surface area contributed by atoms with Crippen LogP contribution in [0.25, 0.3) is 10.9 Å². The zero-order valence-corrected chi connectivity index (χ0v) is 12.4. The number of anilines is 1. The highest BCUT2D eigenvalue weighted by molar-refractivity contribution is 9.10. The number of fused-ring (bicyclic) bond motifs is 1. The molecule has 3 aromatic rings. The van der Waals surface area contributed by atoms with Crippen molar-refractivity contribution in [3.05, 3.63) is 51.8 Å². The van der Waals surface area contributed by atoms with E-state index in [0.717, 1.165) is 10.9 Å². The molecule has 2 aromatic heterocycles. The number of nitrogens with one attached hydrogen (secondary N) is 2. The molecule has 0 saturated carbocycles. The van der Waals surface area contributed by atoms with Crippen LogP contribution in [0.15, 0.2) is 41.1 Å². The highest BCUT2D eigenvalue weighted by atomic mass is 79.9. The Morgan fingerprint density at radius 1 is 1.35 bits per heavy atom. The van der Waals surface area contributed by atoms with Gasteiger partial charge in [-0.1, -0.05) is 17.7 Å². The summed E-state index contributed by atoms with van der Waals surface area (Å²) in [7, 11) is 0. The average molecular weight is 352 g/mol. The molecule has 0 saturated heterocycles. The Bertz CT molecular complexity index is 802. The van der Waals surface area contributed by atoms with Gasteiger partial charge >= 0.3 is 0 Å². The van der Waals surface area contributed by atoms with Gasteiger partial charge in [0.2, 0.25) is 0 Å². The van der Waals surface area contributed by atoms with Crippen LogP contribution < -0.4 is 5.32 Å². The van der Waals surface area contributed by atoms with E-state index in [9.17, 15) is 4.79 Å². The summed E-state index contributed by atoms with van der Waals surface area (Å²) in [6.07, 6.45) is 3.20. The molecule has 0 fully saturated rings. The first-order chi connectivity index (χ1) is 9.65. The number of rotatable bonds is 2. The number of benzene rings is 1. The van der Waals surface area contributed by atoms with Crippen molar-refractivity contribution in [3.8, 4) is 0 Å². The molecule has 0 unspecified atom stereocenters. The van der Waals surface area contributed by atoms with Gasteiger partial charge < -0.3 is 5.32 Å². The van der Waals surface area contributed by atoms with Crippen molar-refractivity contribution in [2.75, 3.05) is 5.32 Å². The summed E-state index contributed by atoms with van der Waals surface area (Å²) >= 11 is 9.21. The summed E-state index contributed by atoms with van der Waals surface area (Å²) in [5.41, 5.74) is 1.82. The Morgan fingerprint density at radius 3 is 3.05 bits per heavy atom. The lowest BCUT2D eigenvalue weighted by Crippen LogP contribution is -2.13. The number of aromatic amines is 1. The van der Waals surface area contributed by atoms with Gasteiger partial charge in [0, 0.05) is 16.1 Å². The lowest BCUT2D eigenvalue weighted by atomic mass is 10.2. The Labute approximate surface area is 127 Å². The van der Waals surface area contributed by atoms with Crippen LogP contribution in [-0.2, 0) is 0 Å². The summed E-state index contributed by atoms with van der Waals surface area (Å²) in [5.74, 6) is -0.322. The van der Waals surface area contributed by atoms with Gasteiger partial charge in [0.1, 0.15) is 5.15 Å². The third-order valence-corrected chi connectivity index (χ3v) is 3.52. The van der Waals surface area contributed by atoms with Crippen molar-refractivity contribution >= 4 is 50.0 Å². The summed E-state index contributed by atoms with van der Waals surface area (Å²) < 4.78 is 0.688. The molecule has 0 radical (unpaired) electrons. The smallest absolute Gasteiger partial charge is 0.258 e. The van der Waals surface area contributed by atoms with Crippen molar-refractivity contribution in [1.29, 1.82) is 0 Å². The summed E-state index contributed by atoms with van der Waals surface area (Å²) in [6, 6.07) is 7.14. The molecule has 5 nitrogen and oxygen atoms in total. The summed E-state index contributed by atoms with van der Waals surface area (Å²) in [5, 5.41) is 10.6. The van der Waals surface area contributed by atoms with Crippen molar-refractivity contribution in [1.82, 2.24) is 15.2 Å². The van der Waals surface area contributed by atoms with Gasteiger partial charge in [0.05, 0.1) is 23.0 Å². The van der Waals surface area contributed by atoms with Crippen LogP contribution in [-0.4, -0.2) is 21.1 Å². The molecule has 1 aromatic carbocycles. The number of carbonyl (C=O) groups is 1. The fraction of sp³-hybridized carbons (Fsp3) is 0. The van der Waals surface area contributed by atoms with Crippen LogP contribution in [0.1, 0.15) is 10.4 Å². The third kappa shape index (κ3) is 2.39. The molecule has 1 amide bonds. The molecule has 7 heteroatoms. The maximum atomic E-state index is 12.3. The molecule has 0 spiro atoms. The highest BCUT2D eigenvalue weighted by Gasteiger charge is 2.13. The van der Waals surface area contributed by atoms with E-state index in [1.165, 1.54) is 6.20 Å². The Kier molecular flexibility index (Phi) is 3.42. The number of nitrogens with zero attached hydrogens (tertiary/aromatic N) is 2. The maximum Gasteiger partial charge on any atom is 0.258 e. The number of aromatic nitrogens is 3. The molecule has 0 aliphatic rings. The molecule has 0 aliphatic carbocycles. The number of carbonyl (C=O) groups excluding carboxylic acids is 1. The molecule has 2 heterocycles. The second-order valence-electron chi connectivity index (χ2n) is 4.08. The first-order valence-corrected chi connectivity index (χ1v) is 6.87. The molecular formula is C13H8BrClN4O. The summed E-state index contributed by atoms with van der Waals surface area (Å²) in [6.45, 7) is 0. The lowest BCUT2D eigenvalue weighted by Gasteiger charge is -2.07. The van der Waals surface area contributed by atoms with Crippen LogP contribution in [0.4, 0.5) is 5.69 Å². The van der Waals surface area contributed by atoms with Gasteiger partial charge in [-0.3, -0.25) is 9.89 Å². The van der Waals surface area contributed by atoms with Crippen LogP contribution in [0.2, 0.25) is 5.15 Å². The second-order valence-corrected chi connectivity index (χ2v) is 5.36. The van der Waals surface area contributed by atoms with Gasteiger partial charge in [-0.15, -0.1) is 0 Å². The molecular weight excluding hydrogens is 344 g/mol. The van der Waals surface area contributed by atoms with Crippen molar-refractivity contribution in [2.24, 2.45) is 0 Å². The van der Waals surface area contributed by atoms with E-state index in [0.29, 0.717) is 15.7 Å². The standard InChI is InChI=1S/C13H8BrClN4O/c14-7-4-8(12(15)16-5-7)13(20)18-10-2-1-3-11-9(10)6-17-19-11/h1-6H,(H,17,19)(H,18,20). The van der Waals surface area contributed by atoms with Gasteiger partial charge in [-0.2, -0.15) is 5.10 Å². The molecule has 20 heavy (non-hydrogen) atoms. The minimum absolute atomic E-state index is 0.157. The molecule has 0 aliphatic heterocycles. The van der Waals surface area contributed by atoms with Crippen LogP contribution in [0, 0.1) is 0 Å². The van der Waals surface area contributed by atoms with Crippen LogP contribution >= 0.6 is 27.5 Å². The van der Waals surface area contributed by atoms with Gasteiger partial charge in [-0.05, 0) is 34.1 Å². The van der Waals surface area contributed by atoms with Crippen molar-refractivity contribution in [3.63, 3.8) is 0 Å². The third-order valence-electron chi connectivity index (χ3n) is 2.78. The molecule has 100 valence electrons. The van der Waals surface area contributed by atoms with Crippen LogP contribution in [0.3, 0.4) is 0 Å². The van der Waals surface area contributed by atoms with Crippen LogP contribution in [0.5, 0.6) is 0 Å². The topological polar surface area (TPSA) is 70.7 Å². The monoisotopic (exact) mass is 350 g/mol. The normalized spacial score (nSPS) is 10.7. The molecule has 3 rings (SSSR count). The Balaban J connectivity index is 1.96. The largest absolute Gasteiger partial charge is 0.321 e. The first-order valence-electron chi connectivity index (χ1n) is 5.69. The van der Waals surface area contributed by atoms with Gasteiger partial charge in [0.15, 0.2) is 0 Å². The fourth-order valence-corrected chi connectivity index (χ4v) is 2.37. The van der Waals surface area contributed by atoms with E-state index in [1.807, 2.05) is 12.1 Å². The van der Waals surface area contributed by atoms with Gasteiger partial charge in [-0.25, -0.2) is 4.98 Å². The first kappa shape index (κ1) is 13.1. The van der Waals surface area contributed by atoms with E-state index in [4.69, 9.17) is 11.6 Å². The lowest BCUT2D eigenvalue weighted by molar-refractivity contribution is 0.102. The van der Waals surface area contributed by atoms with Crippen molar-refractivity contribution < 1.29 is 4.79 Å². The zero-order valence-electron chi connectivity index (χ0n) is 10.0. The van der Waals surface area contributed by atoms with E-state index in [1.54, 1.807) is 18.3 Å². The van der Waals surface area contributed by atoms with E-state index in [-0.39, 0.29) is 11.1 Å². The second kappa shape index (κ2) is 5.22.